The average molecular weight is 318 g/mol. The van der Waals surface area contributed by atoms with Gasteiger partial charge in [0.25, 0.3) is 0 Å². The van der Waals surface area contributed by atoms with Crippen LogP contribution in [0, 0.1) is 0 Å². The Labute approximate surface area is 138 Å². The molecule has 2 amide bonds. The van der Waals surface area contributed by atoms with Crippen molar-refractivity contribution in [3.63, 3.8) is 0 Å². The first-order valence-corrected chi connectivity index (χ1v) is 8.47. The molecular weight excluding hydrogens is 292 g/mol. The maximum atomic E-state index is 12.6. The number of hydrogen-bond donors (Lipinski definition) is 1. The van der Waals surface area contributed by atoms with E-state index in [9.17, 15) is 9.59 Å². The average Bonchev–Trinajstić information content (AvgIpc) is 3.12. The Hall–Kier alpha value is -1.88. The third-order valence-corrected chi connectivity index (χ3v) is 4.04. The van der Waals surface area contributed by atoms with Crippen LogP contribution >= 0.6 is 0 Å². The van der Waals surface area contributed by atoms with Gasteiger partial charge in [-0.05, 0) is 31.4 Å². The number of carbonyl (C=O) groups is 2. The van der Waals surface area contributed by atoms with E-state index in [4.69, 9.17) is 4.74 Å². The summed E-state index contributed by atoms with van der Waals surface area (Å²) in [5.41, 5.74) is 0.917. The highest BCUT2D eigenvalue weighted by Gasteiger charge is 2.31. The van der Waals surface area contributed by atoms with Gasteiger partial charge in [0.2, 0.25) is 5.91 Å². The molecular formula is C18H26N2O3. The number of nitrogens with one attached hydrogen (secondary N) is 1. The monoisotopic (exact) mass is 318 g/mol. The standard InChI is InChI=1S/C18H26N2O3/c1-2-3-7-13-20(17(21)16-11-8-12-19-16)18(22)23-14-15-9-5-4-6-10-15/h4-6,9-10,16,19H,2-3,7-8,11-14H2,1H3/t16-/m0/s1. The second kappa shape index (κ2) is 9.30. The van der Waals surface area contributed by atoms with Crippen molar-refractivity contribution in [2.45, 2.75) is 51.7 Å². The summed E-state index contributed by atoms with van der Waals surface area (Å²) < 4.78 is 5.34. The molecule has 1 aliphatic heterocycles. The van der Waals surface area contributed by atoms with E-state index in [1.54, 1.807) is 0 Å². The minimum absolute atomic E-state index is 0.156. The van der Waals surface area contributed by atoms with Crippen LogP contribution < -0.4 is 5.32 Å². The van der Waals surface area contributed by atoms with Crippen molar-refractivity contribution in [2.75, 3.05) is 13.1 Å². The molecule has 0 spiro atoms. The van der Waals surface area contributed by atoms with Crippen LogP contribution in [0.25, 0.3) is 0 Å². The molecule has 1 aromatic carbocycles. The maximum Gasteiger partial charge on any atom is 0.416 e. The summed E-state index contributed by atoms with van der Waals surface area (Å²) in [6.07, 6.45) is 4.07. The first-order chi connectivity index (χ1) is 11.2. The van der Waals surface area contributed by atoms with Crippen molar-refractivity contribution in [3.8, 4) is 0 Å². The molecule has 1 N–H and O–H groups in total. The van der Waals surface area contributed by atoms with Gasteiger partial charge in [-0.2, -0.15) is 0 Å². The molecule has 0 saturated carbocycles. The van der Waals surface area contributed by atoms with Crippen LogP contribution in [0.2, 0.25) is 0 Å². The van der Waals surface area contributed by atoms with Crippen molar-refractivity contribution < 1.29 is 14.3 Å². The molecule has 5 heteroatoms. The Kier molecular flexibility index (Phi) is 7.07. The molecule has 0 radical (unpaired) electrons. The first-order valence-electron chi connectivity index (χ1n) is 8.47. The molecule has 1 saturated heterocycles. The molecule has 5 nitrogen and oxygen atoms in total. The Morgan fingerprint density at radius 1 is 1.26 bits per heavy atom. The number of hydrogen-bond acceptors (Lipinski definition) is 4. The van der Waals surface area contributed by atoms with Gasteiger partial charge < -0.3 is 10.1 Å². The molecule has 1 heterocycles. The van der Waals surface area contributed by atoms with Crippen LogP contribution in [0.15, 0.2) is 30.3 Å². The van der Waals surface area contributed by atoms with E-state index in [1.165, 1.54) is 4.90 Å². The Morgan fingerprint density at radius 2 is 2.04 bits per heavy atom. The minimum Gasteiger partial charge on any atom is -0.444 e. The molecule has 0 bridgehead atoms. The number of unbranched alkanes of at least 4 members (excludes halogenated alkanes) is 2. The van der Waals surface area contributed by atoms with Crippen LogP contribution in [0.3, 0.4) is 0 Å². The zero-order valence-corrected chi connectivity index (χ0v) is 13.8. The van der Waals surface area contributed by atoms with E-state index in [0.29, 0.717) is 6.54 Å². The smallest absolute Gasteiger partial charge is 0.416 e. The summed E-state index contributed by atoms with van der Waals surface area (Å²) in [5.74, 6) is -0.156. The molecule has 2 rings (SSSR count). The first kappa shape index (κ1) is 17.5. The molecule has 1 atom stereocenters. The lowest BCUT2D eigenvalue weighted by Gasteiger charge is -2.23. The Balaban J connectivity index is 1.93. The van der Waals surface area contributed by atoms with Gasteiger partial charge in [0.1, 0.15) is 6.61 Å². The molecule has 1 aromatic rings. The molecule has 0 aromatic heterocycles. The fourth-order valence-corrected chi connectivity index (χ4v) is 2.69. The van der Waals surface area contributed by atoms with Crippen LogP contribution in [-0.4, -0.2) is 36.0 Å². The van der Waals surface area contributed by atoms with Gasteiger partial charge in [-0.25, -0.2) is 9.69 Å². The van der Waals surface area contributed by atoms with Gasteiger partial charge in [-0.15, -0.1) is 0 Å². The highest BCUT2D eigenvalue weighted by molar-refractivity contribution is 5.95. The summed E-state index contributed by atoms with van der Waals surface area (Å²) in [7, 11) is 0. The lowest BCUT2D eigenvalue weighted by atomic mass is 10.2. The third-order valence-electron chi connectivity index (χ3n) is 4.04. The molecule has 23 heavy (non-hydrogen) atoms. The highest BCUT2D eigenvalue weighted by Crippen LogP contribution is 2.12. The predicted octanol–water partition coefficient (Wildman–Crippen LogP) is 3.09. The van der Waals surface area contributed by atoms with Gasteiger partial charge in [0.05, 0.1) is 6.04 Å². The van der Waals surface area contributed by atoms with Crippen molar-refractivity contribution in [3.05, 3.63) is 35.9 Å². The summed E-state index contributed by atoms with van der Waals surface area (Å²) >= 11 is 0. The largest absolute Gasteiger partial charge is 0.444 e. The Bertz CT molecular complexity index is 498. The second-order valence-electron chi connectivity index (χ2n) is 5.89. The van der Waals surface area contributed by atoms with E-state index >= 15 is 0 Å². The van der Waals surface area contributed by atoms with Crippen LogP contribution in [0.5, 0.6) is 0 Å². The lowest BCUT2D eigenvalue weighted by molar-refractivity contribution is -0.131. The molecule has 1 aliphatic rings. The fourth-order valence-electron chi connectivity index (χ4n) is 2.69. The van der Waals surface area contributed by atoms with Gasteiger partial charge >= 0.3 is 6.09 Å². The van der Waals surface area contributed by atoms with Crippen LogP contribution in [0.4, 0.5) is 4.79 Å². The summed E-state index contributed by atoms with van der Waals surface area (Å²) in [4.78, 5) is 26.2. The van der Waals surface area contributed by atoms with E-state index in [2.05, 4.69) is 12.2 Å². The quantitative estimate of drug-likeness (QED) is 0.785. The number of imide groups is 1. The summed E-state index contributed by atoms with van der Waals surface area (Å²) in [6.45, 7) is 3.55. The lowest BCUT2D eigenvalue weighted by Crippen LogP contribution is -2.47. The zero-order valence-electron chi connectivity index (χ0n) is 13.8. The maximum absolute atomic E-state index is 12.6. The summed E-state index contributed by atoms with van der Waals surface area (Å²) in [5, 5.41) is 3.16. The van der Waals surface area contributed by atoms with E-state index in [0.717, 1.165) is 44.2 Å². The number of benzene rings is 1. The van der Waals surface area contributed by atoms with Gasteiger partial charge in [0, 0.05) is 6.54 Å². The highest BCUT2D eigenvalue weighted by atomic mass is 16.6. The normalized spacial score (nSPS) is 17.0. The van der Waals surface area contributed by atoms with Crippen molar-refractivity contribution in [2.24, 2.45) is 0 Å². The zero-order chi connectivity index (χ0) is 16.5. The van der Waals surface area contributed by atoms with Crippen LogP contribution in [-0.2, 0) is 16.1 Å². The van der Waals surface area contributed by atoms with Crippen molar-refractivity contribution >= 4 is 12.0 Å². The molecule has 0 aliphatic carbocycles. The third kappa shape index (κ3) is 5.36. The van der Waals surface area contributed by atoms with E-state index in [-0.39, 0.29) is 18.6 Å². The molecule has 1 fully saturated rings. The number of carbonyl (C=O) groups excluding carboxylic acids is 2. The summed E-state index contributed by atoms with van der Waals surface area (Å²) in [6, 6.07) is 9.26. The fraction of sp³-hybridized carbons (Fsp3) is 0.556. The topological polar surface area (TPSA) is 58.6 Å². The SMILES string of the molecule is CCCCCN(C(=O)OCc1ccccc1)C(=O)[C@@H]1CCCN1. The molecule has 0 unspecified atom stereocenters. The van der Waals surface area contributed by atoms with Gasteiger partial charge in [-0.1, -0.05) is 50.1 Å². The Morgan fingerprint density at radius 3 is 2.70 bits per heavy atom. The van der Waals surface area contributed by atoms with Crippen molar-refractivity contribution in [1.82, 2.24) is 10.2 Å². The predicted molar refractivity (Wildman–Crippen MR) is 88.9 cm³/mol. The van der Waals surface area contributed by atoms with Crippen molar-refractivity contribution in [1.29, 1.82) is 0 Å². The molecule has 126 valence electrons. The number of amides is 2. The number of nitrogens with zero attached hydrogens (tertiary/aromatic N) is 1. The number of rotatable bonds is 7. The van der Waals surface area contributed by atoms with Crippen LogP contribution in [0.1, 0.15) is 44.6 Å². The number of ether oxygens (including phenoxy) is 1. The van der Waals surface area contributed by atoms with Gasteiger partial charge in [-0.3, -0.25) is 4.79 Å². The van der Waals surface area contributed by atoms with E-state index < -0.39 is 6.09 Å². The van der Waals surface area contributed by atoms with Gasteiger partial charge in [0.15, 0.2) is 0 Å². The second-order valence-corrected chi connectivity index (χ2v) is 5.89. The van der Waals surface area contributed by atoms with E-state index in [1.807, 2.05) is 30.3 Å². The minimum atomic E-state index is -0.538.